The van der Waals surface area contributed by atoms with Crippen molar-refractivity contribution in [2.24, 2.45) is 0 Å². The van der Waals surface area contributed by atoms with Crippen molar-refractivity contribution < 1.29 is 23.5 Å². The lowest BCUT2D eigenvalue weighted by Gasteiger charge is -2.19. The summed E-state index contributed by atoms with van der Waals surface area (Å²) in [6.07, 6.45) is 0.469. The molecule has 0 spiro atoms. The fraction of sp³-hybridized carbons (Fsp3) is 0.333. The Morgan fingerprint density at radius 3 is 2.44 bits per heavy atom. The summed E-state index contributed by atoms with van der Waals surface area (Å²) in [5, 5.41) is 7.58. The van der Waals surface area contributed by atoms with Crippen molar-refractivity contribution in [2.75, 3.05) is 30.4 Å². The first kappa shape index (κ1) is 25.5. The van der Waals surface area contributed by atoms with Crippen molar-refractivity contribution in [3.05, 3.63) is 58.3 Å². The maximum atomic E-state index is 12.6. The molecule has 2 aromatic carbocycles. The highest BCUT2D eigenvalue weighted by Gasteiger charge is 2.19. The van der Waals surface area contributed by atoms with Gasteiger partial charge in [-0.3, -0.25) is 4.90 Å². The van der Waals surface area contributed by atoms with E-state index in [-0.39, 0.29) is 6.61 Å². The Hall–Kier alpha value is -3.10. The molecule has 0 aliphatic carbocycles. The van der Waals surface area contributed by atoms with Crippen LogP contribution in [0.15, 0.2) is 47.1 Å². The van der Waals surface area contributed by atoms with Gasteiger partial charge in [-0.15, -0.1) is 0 Å². The van der Waals surface area contributed by atoms with E-state index in [9.17, 15) is 9.59 Å². The topological polar surface area (TPSA) is 93.0 Å². The van der Waals surface area contributed by atoms with Crippen molar-refractivity contribution in [1.82, 2.24) is 5.32 Å². The summed E-state index contributed by atoms with van der Waals surface area (Å²) < 4.78 is 16.2. The summed E-state index contributed by atoms with van der Waals surface area (Å²) in [7, 11) is 1.60. The number of amides is 2. The van der Waals surface area contributed by atoms with Gasteiger partial charge in [0.15, 0.2) is 0 Å². The summed E-state index contributed by atoms with van der Waals surface area (Å²) in [6, 6.07) is 10.5. The Kier molecular flexibility index (Phi) is 8.17. The highest BCUT2D eigenvalue weighted by atomic mass is 35.5. The van der Waals surface area contributed by atoms with Gasteiger partial charge in [-0.2, -0.15) is 0 Å². The number of carbonyl (C=O) groups excluding carboxylic acids is 2. The molecule has 8 nitrogen and oxygen atoms in total. The average molecular weight is 508 g/mol. The Morgan fingerprint density at radius 1 is 1.06 bits per heavy atom. The molecule has 0 bridgehead atoms. The highest BCUT2D eigenvalue weighted by molar-refractivity contribution is 6.34. The van der Waals surface area contributed by atoms with Crippen molar-refractivity contribution in [1.29, 1.82) is 0 Å². The van der Waals surface area contributed by atoms with Crippen molar-refractivity contribution in [3.8, 4) is 0 Å². The molecule has 3 aromatic rings. The first-order valence-electron chi connectivity index (χ1n) is 10.6. The van der Waals surface area contributed by atoms with Gasteiger partial charge in [-0.05, 0) is 62.7 Å². The summed E-state index contributed by atoms with van der Waals surface area (Å²) in [6.45, 7) is 6.31. The molecule has 0 atom stereocenters. The monoisotopic (exact) mass is 507 g/mol. The minimum absolute atomic E-state index is 0.0245. The third kappa shape index (κ3) is 7.20. The number of alkyl carbamates (subject to hydrolysis) is 1. The predicted molar refractivity (Wildman–Crippen MR) is 134 cm³/mol. The lowest BCUT2D eigenvalue weighted by Crippen LogP contribution is -2.34. The number of halogens is 2. The number of carbonyl (C=O) groups is 2. The van der Waals surface area contributed by atoms with Gasteiger partial charge >= 0.3 is 12.2 Å². The van der Waals surface area contributed by atoms with Crippen molar-refractivity contribution >= 4 is 57.7 Å². The van der Waals surface area contributed by atoms with Gasteiger partial charge in [-0.1, -0.05) is 23.2 Å². The standard InChI is InChI=1S/C24H27Cl2N3O5/c1-24(2,3)34-22(30)28-8-7-27-18-5-6-21-19(12-18)20(14-32-21)29(4)23(31)33-13-15-9-16(25)11-17(26)10-15/h5-6,9-12,14,27H,7-8,13H2,1-4H3,(H,28,30). The van der Waals surface area contributed by atoms with E-state index < -0.39 is 17.8 Å². The Bertz CT molecular complexity index is 1150. The van der Waals surface area contributed by atoms with Crippen molar-refractivity contribution in [3.63, 3.8) is 0 Å². The number of rotatable bonds is 7. The number of nitrogens with one attached hydrogen (secondary N) is 2. The molecule has 0 aliphatic heterocycles. The maximum Gasteiger partial charge on any atom is 0.414 e. The van der Waals surface area contributed by atoms with E-state index in [1.54, 1.807) is 31.3 Å². The average Bonchev–Trinajstić information content (AvgIpc) is 3.16. The molecule has 2 N–H and O–H groups in total. The zero-order valence-electron chi connectivity index (χ0n) is 19.4. The van der Waals surface area contributed by atoms with Gasteiger partial charge in [0, 0.05) is 41.3 Å². The van der Waals surface area contributed by atoms with E-state index in [4.69, 9.17) is 37.1 Å². The van der Waals surface area contributed by atoms with Crippen LogP contribution in [-0.2, 0) is 16.1 Å². The van der Waals surface area contributed by atoms with E-state index in [0.29, 0.717) is 40.0 Å². The number of furan rings is 1. The van der Waals surface area contributed by atoms with Crippen LogP contribution in [0, 0.1) is 0 Å². The first-order chi connectivity index (χ1) is 16.0. The molecule has 0 aliphatic rings. The molecule has 1 heterocycles. The normalized spacial score (nSPS) is 11.2. The Morgan fingerprint density at radius 2 is 1.76 bits per heavy atom. The van der Waals surface area contributed by atoms with Crippen LogP contribution in [0.5, 0.6) is 0 Å². The fourth-order valence-corrected chi connectivity index (χ4v) is 3.68. The Labute approximate surface area is 208 Å². The predicted octanol–water partition coefficient (Wildman–Crippen LogP) is 6.45. The number of anilines is 2. The zero-order chi connectivity index (χ0) is 24.9. The van der Waals surface area contributed by atoms with Crippen LogP contribution in [-0.4, -0.2) is 37.9 Å². The Balaban J connectivity index is 1.59. The highest BCUT2D eigenvalue weighted by Crippen LogP contribution is 2.31. The lowest BCUT2D eigenvalue weighted by atomic mass is 10.2. The fourth-order valence-electron chi connectivity index (χ4n) is 3.11. The largest absolute Gasteiger partial charge is 0.462 e. The van der Waals surface area contributed by atoms with E-state index in [0.717, 1.165) is 11.1 Å². The zero-order valence-corrected chi connectivity index (χ0v) is 20.9. The molecule has 1 aromatic heterocycles. The smallest absolute Gasteiger partial charge is 0.414 e. The molecule has 182 valence electrons. The number of hydrogen-bond acceptors (Lipinski definition) is 6. The first-order valence-corrected chi connectivity index (χ1v) is 11.3. The van der Waals surface area contributed by atoms with Gasteiger partial charge in [0.05, 0.1) is 5.69 Å². The molecular formula is C24H27Cl2N3O5. The molecule has 3 rings (SSSR count). The number of fused-ring (bicyclic) bond motifs is 1. The van der Waals surface area contributed by atoms with Crippen LogP contribution in [0.1, 0.15) is 26.3 Å². The van der Waals surface area contributed by atoms with Gasteiger partial charge in [-0.25, -0.2) is 9.59 Å². The molecule has 2 amide bonds. The van der Waals surface area contributed by atoms with Gasteiger partial charge in [0.1, 0.15) is 24.1 Å². The molecule has 0 saturated carbocycles. The van der Waals surface area contributed by atoms with Crippen LogP contribution in [0.25, 0.3) is 11.0 Å². The van der Waals surface area contributed by atoms with Gasteiger partial charge in [0.2, 0.25) is 0 Å². The molecular weight excluding hydrogens is 481 g/mol. The van der Waals surface area contributed by atoms with E-state index in [2.05, 4.69) is 10.6 Å². The SMILES string of the molecule is CN(C(=O)OCc1cc(Cl)cc(Cl)c1)c1coc2ccc(NCCNC(=O)OC(C)(C)C)cc12. The molecule has 0 radical (unpaired) electrons. The molecule has 0 saturated heterocycles. The maximum absolute atomic E-state index is 12.6. The second-order valence-corrected chi connectivity index (χ2v) is 9.45. The number of ether oxygens (including phenoxy) is 2. The van der Waals surface area contributed by atoms with Crippen LogP contribution < -0.4 is 15.5 Å². The minimum atomic E-state index is -0.557. The molecule has 10 heteroatoms. The molecule has 34 heavy (non-hydrogen) atoms. The van der Waals surface area contributed by atoms with Crippen molar-refractivity contribution in [2.45, 2.75) is 33.0 Å². The minimum Gasteiger partial charge on any atom is -0.462 e. The second kappa shape index (κ2) is 10.9. The van der Waals surface area contributed by atoms with Crippen LogP contribution in [0.4, 0.5) is 21.0 Å². The van der Waals surface area contributed by atoms with E-state index in [1.165, 1.54) is 11.2 Å². The van der Waals surface area contributed by atoms with Gasteiger partial charge in [0.25, 0.3) is 0 Å². The van der Waals surface area contributed by atoms with Crippen LogP contribution in [0.3, 0.4) is 0 Å². The quantitative estimate of drug-likeness (QED) is 0.357. The summed E-state index contributed by atoms with van der Waals surface area (Å²) in [5.41, 5.74) is 2.11. The van der Waals surface area contributed by atoms with Crippen LogP contribution >= 0.6 is 23.2 Å². The summed E-state index contributed by atoms with van der Waals surface area (Å²) in [5.74, 6) is 0. The van der Waals surface area contributed by atoms with E-state index in [1.807, 2.05) is 32.9 Å². The number of hydrogen-bond donors (Lipinski definition) is 2. The number of nitrogens with zero attached hydrogens (tertiary/aromatic N) is 1. The molecule has 0 fully saturated rings. The second-order valence-electron chi connectivity index (χ2n) is 8.58. The molecule has 0 unspecified atom stereocenters. The summed E-state index contributed by atoms with van der Waals surface area (Å²) in [4.78, 5) is 25.7. The lowest BCUT2D eigenvalue weighted by molar-refractivity contribution is 0.0530. The third-order valence-electron chi connectivity index (χ3n) is 4.60. The van der Waals surface area contributed by atoms with Gasteiger partial charge < -0.3 is 24.5 Å². The summed E-state index contributed by atoms with van der Waals surface area (Å²) >= 11 is 12.0. The van der Waals surface area contributed by atoms with Crippen LogP contribution in [0.2, 0.25) is 10.0 Å². The van der Waals surface area contributed by atoms with E-state index >= 15 is 0 Å². The third-order valence-corrected chi connectivity index (χ3v) is 5.03. The number of benzene rings is 2.